The molecule has 0 N–H and O–H groups in total. The highest BCUT2D eigenvalue weighted by molar-refractivity contribution is 5.94. The number of aromatic nitrogens is 6. The van der Waals surface area contributed by atoms with Gasteiger partial charge in [-0.1, -0.05) is 6.07 Å². The third kappa shape index (κ3) is 4.31. The van der Waals surface area contributed by atoms with Gasteiger partial charge in [0.2, 0.25) is 5.88 Å². The molecule has 0 bridgehead atoms. The molecule has 0 aliphatic carbocycles. The summed E-state index contributed by atoms with van der Waals surface area (Å²) in [5.74, 6) is 1.19. The zero-order valence-electron chi connectivity index (χ0n) is 16.3. The van der Waals surface area contributed by atoms with Crippen molar-refractivity contribution in [2.75, 3.05) is 32.1 Å². The molecule has 0 radical (unpaired) electrons. The molecule has 3 heterocycles. The average molecular weight is 394 g/mol. The highest BCUT2D eigenvalue weighted by Crippen LogP contribution is 2.20. The van der Waals surface area contributed by atoms with E-state index in [2.05, 4.69) is 25.7 Å². The minimum Gasteiger partial charge on any atom is -0.471 e. The van der Waals surface area contributed by atoms with Crippen molar-refractivity contribution in [1.82, 2.24) is 35.3 Å². The van der Waals surface area contributed by atoms with E-state index in [1.165, 1.54) is 11.0 Å². The van der Waals surface area contributed by atoms with E-state index in [4.69, 9.17) is 4.74 Å². The lowest BCUT2D eigenvalue weighted by Gasteiger charge is -2.32. The topological polar surface area (TPSA) is 102 Å². The van der Waals surface area contributed by atoms with Gasteiger partial charge in [0.25, 0.3) is 5.91 Å². The first kappa shape index (κ1) is 18.8. The zero-order valence-corrected chi connectivity index (χ0v) is 16.3. The number of ether oxygens (including phenoxy) is 1. The van der Waals surface area contributed by atoms with E-state index in [1.807, 2.05) is 42.1 Å². The predicted octanol–water partition coefficient (Wildman–Crippen LogP) is 1.20. The molecule has 4 rings (SSSR count). The van der Waals surface area contributed by atoms with Crippen molar-refractivity contribution < 1.29 is 9.53 Å². The van der Waals surface area contributed by atoms with Gasteiger partial charge in [-0.2, -0.15) is 0 Å². The van der Waals surface area contributed by atoms with E-state index in [-0.39, 0.29) is 12.0 Å². The number of nitrogens with zero attached hydrogens (tertiary/aromatic N) is 8. The van der Waals surface area contributed by atoms with Gasteiger partial charge < -0.3 is 14.5 Å². The Morgan fingerprint density at radius 3 is 2.83 bits per heavy atom. The molecular formula is C19H22N8O2. The summed E-state index contributed by atoms with van der Waals surface area (Å²) in [5.41, 5.74) is 1.33. The van der Waals surface area contributed by atoms with Gasteiger partial charge in [-0.15, -0.1) is 15.3 Å². The Bertz CT molecular complexity index is 959. The van der Waals surface area contributed by atoms with E-state index in [0.717, 1.165) is 24.3 Å². The molecule has 1 aliphatic rings. The summed E-state index contributed by atoms with van der Waals surface area (Å²) in [7, 11) is 3.81. The fourth-order valence-corrected chi connectivity index (χ4v) is 3.25. The number of carbonyl (C=O) groups is 1. The van der Waals surface area contributed by atoms with Crippen LogP contribution in [0.1, 0.15) is 23.2 Å². The second kappa shape index (κ2) is 8.21. The first-order chi connectivity index (χ1) is 14.1. The van der Waals surface area contributed by atoms with E-state index >= 15 is 0 Å². The number of hydrogen-bond donors (Lipinski definition) is 0. The molecule has 1 aromatic carbocycles. The van der Waals surface area contributed by atoms with Gasteiger partial charge >= 0.3 is 0 Å². The van der Waals surface area contributed by atoms with Crippen molar-refractivity contribution in [1.29, 1.82) is 0 Å². The van der Waals surface area contributed by atoms with Gasteiger partial charge in [-0.3, -0.25) is 4.79 Å². The van der Waals surface area contributed by atoms with Crippen LogP contribution < -0.4 is 9.64 Å². The maximum Gasteiger partial charge on any atom is 0.254 e. The summed E-state index contributed by atoms with van der Waals surface area (Å²) < 4.78 is 7.50. The average Bonchev–Trinajstić information content (AvgIpc) is 3.29. The number of anilines is 1. The minimum absolute atomic E-state index is 0.0396. The van der Waals surface area contributed by atoms with Crippen LogP contribution in [0.5, 0.6) is 5.88 Å². The summed E-state index contributed by atoms with van der Waals surface area (Å²) in [6.07, 6.45) is 3.12. The minimum atomic E-state index is -0.116. The molecule has 1 fully saturated rings. The molecule has 1 amide bonds. The first-order valence-electron chi connectivity index (χ1n) is 9.40. The van der Waals surface area contributed by atoms with E-state index in [9.17, 15) is 4.79 Å². The second-order valence-corrected chi connectivity index (χ2v) is 7.06. The Morgan fingerprint density at radius 2 is 2.10 bits per heavy atom. The highest BCUT2D eigenvalue weighted by atomic mass is 16.5. The van der Waals surface area contributed by atoms with E-state index in [0.29, 0.717) is 24.5 Å². The summed E-state index contributed by atoms with van der Waals surface area (Å²) in [4.78, 5) is 16.7. The van der Waals surface area contributed by atoms with Gasteiger partial charge in [0.15, 0.2) is 5.82 Å². The molecule has 3 aromatic rings. The van der Waals surface area contributed by atoms with Gasteiger partial charge in [0, 0.05) is 32.3 Å². The molecule has 10 heteroatoms. The molecule has 1 saturated heterocycles. The zero-order chi connectivity index (χ0) is 20.2. The third-order valence-corrected chi connectivity index (χ3v) is 4.74. The van der Waals surface area contributed by atoms with Gasteiger partial charge in [0.1, 0.15) is 12.4 Å². The molecule has 150 valence electrons. The molecule has 0 spiro atoms. The van der Waals surface area contributed by atoms with Crippen LogP contribution >= 0.6 is 0 Å². The Kier molecular flexibility index (Phi) is 5.32. The quantitative estimate of drug-likeness (QED) is 0.636. The van der Waals surface area contributed by atoms with Crippen LogP contribution in [-0.4, -0.2) is 74.5 Å². The number of benzene rings is 1. The summed E-state index contributed by atoms with van der Waals surface area (Å²) in [6.45, 7) is 1.20. The number of rotatable bonds is 5. The van der Waals surface area contributed by atoms with Gasteiger partial charge in [-0.05, 0) is 47.5 Å². The van der Waals surface area contributed by atoms with E-state index in [1.54, 1.807) is 18.2 Å². The SMILES string of the molecule is CN(C)c1ccc(OC2CCCN(C(=O)c3cccc(-n4cnnn4)c3)C2)nn1. The number of hydrogen-bond acceptors (Lipinski definition) is 8. The third-order valence-electron chi connectivity index (χ3n) is 4.74. The van der Waals surface area contributed by atoms with Crippen LogP contribution in [0, 0.1) is 0 Å². The summed E-state index contributed by atoms with van der Waals surface area (Å²) in [6, 6.07) is 10.9. The molecule has 2 aromatic heterocycles. The summed E-state index contributed by atoms with van der Waals surface area (Å²) >= 11 is 0. The number of carbonyl (C=O) groups excluding carboxylic acids is 1. The summed E-state index contributed by atoms with van der Waals surface area (Å²) in [5, 5.41) is 19.4. The highest BCUT2D eigenvalue weighted by Gasteiger charge is 2.26. The monoisotopic (exact) mass is 394 g/mol. The van der Waals surface area contributed by atoms with Gasteiger partial charge in [-0.25, -0.2) is 4.68 Å². The van der Waals surface area contributed by atoms with Crippen LogP contribution in [0.2, 0.25) is 0 Å². The lowest BCUT2D eigenvalue weighted by Crippen LogP contribution is -2.44. The number of amides is 1. The fourth-order valence-electron chi connectivity index (χ4n) is 3.25. The van der Waals surface area contributed by atoms with Crippen molar-refractivity contribution >= 4 is 11.7 Å². The van der Waals surface area contributed by atoms with Gasteiger partial charge in [0.05, 0.1) is 12.2 Å². The Morgan fingerprint density at radius 1 is 1.21 bits per heavy atom. The largest absolute Gasteiger partial charge is 0.471 e. The molecule has 1 aliphatic heterocycles. The van der Waals surface area contributed by atoms with Crippen molar-refractivity contribution in [2.45, 2.75) is 18.9 Å². The lowest BCUT2D eigenvalue weighted by molar-refractivity contribution is 0.0525. The van der Waals surface area contributed by atoms with E-state index < -0.39 is 0 Å². The molecule has 1 atom stereocenters. The first-order valence-corrected chi connectivity index (χ1v) is 9.40. The van der Waals surface area contributed by atoms with Crippen molar-refractivity contribution in [3.63, 3.8) is 0 Å². The Hall–Kier alpha value is -3.56. The second-order valence-electron chi connectivity index (χ2n) is 7.06. The number of piperidine rings is 1. The van der Waals surface area contributed by atoms with Crippen molar-refractivity contribution in [3.05, 3.63) is 48.3 Å². The van der Waals surface area contributed by atoms with Crippen LogP contribution in [0.25, 0.3) is 5.69 Å². The van der Waals surface area contributed by atoms with Crippen molar-refractivity contribution in [3.8, 4) is 11.6 Å². The van der Waals surface area contributed by atoms with Crippen LogP contribution in [0.3, 0.4) is 0 Å². The molecule has 29 heavy (non-hydrogen) atoms. The van der Waals surface area contributed by atoms with Crippen molar-refractivity contribution in [2.24, 2.45) is 0 Å². The standard InChI is InChI=1S/C19H22N8O2/c1-25(2)17-8-9-18(22-21-17)29-16-7-4-10-26(12-16)19(28)14-5-3-6-15(11-14)27-13-20-23-24-27/h3,5-6,8-9,11,13,16H,4,7,10,12H2,1-2H3. The molecule has 0 saturated carbocycles. The smallest absolute Gasteiger partial charge is 0.254 e. The lowest BCUT2D eigenvalue weighted by atomic mass is 10.1. The van der Waals surface area contributed by atoms with Crippen LogP contribution in [-0.2, 0) is 0 Å². The predicted molar refractivity (Wildman–Crippen MR) is 105 cm³/mol. The number of tetrazole rings is 1. The molecule has 10 nitrogen and oxygen atoms in total. The van der Waals surface area contributed by atoms with Crippen LogP contribution in [0.15, 0.2) is 42.7 Å². The molecular weight excluding hydrogens is 372 g/mol. The van der Waals surface area contributed by atoms with Crippen LogP contribution in [0.4, 0.5) is 5.82 Å². The Labute approximate surface area is 168 Å². The normalized spacial score (nSPS) is 16.5. The fraction of sp³-hybridized carbons (Fsp3) is 0.368. The maximum atomic E-state index is 13.0. The maximum absolute atomic E-state index is 13.0. The Balaban J connectivity index is 1.43. The molecule has 1 unspecified atom stereocenters. The number of likely N-dealkylation sites (tertiary alicyclic amines) is 1.